The van der Waals surface area contributed by atoms with E-state index in [9.17, 15) is 0 Å². The molecular formula is C14H15N3S. The molecule has 1 aromatic heterocycles. The normalized spacial score (nSPS) is 17.3. The third kappa shape index (κ3) is 2.05. The highest BCUT2D eigenvalue weighted by Crippen LogP contribution is 2.35. The Morgan fingerprint density at radius 2 is 2.11 bits per heavy atom. The third-order valence-electron chi connectivity index (χ3n) is 3.14. The van der Waals surface area contributed by atoms with Crippen molar-refractivity contribution in [3.05, 3.63) is 51.9 Å². The average molecular weight is 257 g/mol. The van der Waals surface area contributed by atoms with Gasteiger partial charge in [0.05, 0.1) is 0 Å². The molecule has 0 saturated heterocycles. The van der Waals surface area contributed by atoms with Crippen molar-refractivity contribution in [1.29, 1.82) is 0 Å². The molecule has 0 fully saturated rings. The van der Waals surface area contributed by atoms with E-state index in [-0.39, 0.29) is 6.29 Å². The number of hydrogen-bond donors (Lipinski definition) is 2. The van der Waals surface area contributed by atoms with E-state index < -0.39 is 0 Å². The molecule has 0 radical (unpaired) electrons. The van der Waals surface area contributed by atoms with Gasteiger partial charge in [-0.3, -0.25) is 10.7 Å². The third-order valence-corrected chi connectivity index (χ3v) is 4.38. The Balaban J connectivity index is 1.93. The van der Waals surface area contributed by atoms with Crippen LogP contribution in [0.3, 0.4) is 0 Å². The average Bonchev–Trinajstić information content (AvgIpc) is 2.67. The van der Waals surface area contributed by atoms with Gasteiger partial charge in [0, 0.05) is 23.1 Å². The maximum absolute atomic E-state index is 5.76. The summed E-state index contributed by atoms with van der Waals surface area (Å²) < 4.78 is 0. The molecule has 1 aliphatic rings. The molecule has 0 saturated carbocycles. The minimum atomic E-state index is -0.305. The summed E-state index contributed by atoms with van der Waals surface area (Å²) in [4.78, 5) is 5.58. The number of nitrogens with two attached hydrogens (primary N) is 1. The second-order valence-corrected chi connectivity index (χ2v) is 5.53. The van der Waals surface area contributed by atoms with Crippen LogP contribution in [0.1, 0.15) is 21.6 Å². The van der Waals surface area contributed by atoms with E-state index >= 15 is 0 Å². The summed E-state index contributed by atoms with van der Waals surface area (Å²) in [5, 5.41) is 4.34. The Morgan fingerprint density at radius 3 is 2.89 bits per heavy atom. The number of nitrogens with one attached hydrogen (secondary N) is 1. The van der Waals surface area contributed by atoms with E-state index in [4.69, 9.17) is 5.73 Å². The first-order valence-electron chi connectivity index (χ1n) is 5.95. The van der Waals surface area contributed by atoms with Crippen LogP contribution >= 0.6 is 11.3 Å². The molecule has 0 amide bonds. The van der Waals surface area contributed by atoms with E-state index in [2.05, 4.69) is 41.5 Å². The Labute approximate surface area is 110 Å². The lowest BCUT2D eigenvalue weighted by Crippen LogP contribution is -2.29. The molecule has 1 atom stereocenters. The highest BCUT2D eigenvalue weighted by atomic mass is 32.1. The fraction of sp³-hybridized carbons (Fsp3) is 0.214. The first kappa shape index (κ1) is 11.4. The summed E-state index contributed by atoms with van der Waals surface area (Å²) in [6.07, 6.45) is 2.55. The number of rotatable bonds is 2. The Morgan fingerprint density at radius 1 is 1.33 bits per heavy atom. The molecule has 0 bridgehead atoms. The molecule has 0 aliphatic carbocycles. The summed E-state index contributed by atoms with van der Waals surface area (Å²) in [5.41, 5.74) is 9.59. The maximum Gasteiger partial charge on any atom is 0.171 e. The van der Waals surface area contributed by atoms with Gasteiger partial charge in [0.15, 0.2) is 6.29 Å². The van der Waals surface area contributed by atoms with Crippen LogP contribution in [0.4, 0.5) is 5.00 Å². The van der Waals surface area contributed by atoms with E-state index in [0.717, 1.165) is 11.4 Å². The van der Waals surface area contributed by atoms with Crippen LogP contribution in [0.5, 0.6) is 0 Å². The lowest BCUT2D eigenvalue weighted by Gasteiger charge is -2.14. The van der Waals surface area contributed by atoms with Gasteiger partial charge in [-0.1, -0.05) is 30.3 Å². The summed E-state index contributed by atoms with van der Waals surface area (Å²) in [6, 6.07) is 10.5. The molecule has 1 aliphatic heterocycles. The smallest absolute Gasteiger partial charge is 0.171 e. The first-order valence-corrected chi connectivity index (χ1v) is 6.77. The molecule has 1 unspecified atom stereocenters. The van der Waals surface area contributed by atoms with E-state index in [1.807, 2.05) is 12.3 Å². The fourth-order valence-corrected chi connectivity index (χ4v) is 3.36. The number of nitrogens with zero attached hydrogens (tertiary/aromatic N) is 1. The lowest BCUT2D eigenvalue weighted by molar-refractivity contribution is 0.810. The number of anilines is 1. The van der Waals surface area contributed by atoms with Gasteiger partial charge in [-0.15, -0.1) is 11.3 Å². The zero-order valence-electron chi connectivity index (χ0n) is 10.2. The quantitative estimate of drug-likeness (QED) is 0.869. The molecule has 3 rings (SSSR count). The van der Waals surface area contributed by atoms with Gasteiger partial charge >= 0.3 is 0 Å². The van der Waals surface area contributed by atoms with Gasteiger partial charge in [0.2, 0.25) is 0 Å². The predicted octanol–water partition coefficient (Wildman–Crippen LogP) is 2.73. The zero-order valence-corrected chi connectivity index (χ0v) is 11.0. The topological polar surface area (TPSA) is 50.4 Å². The van der Waals surface area contributed by atoms with Crippen LogP contribution in [0.2, 0.25) is 0 Å². The van der Waals surface area contributed by atoms with Crippen molar-refractivity contribution in [2.24, 2.45) is 10.7 Å². The van der Waals surface area contributed by atoms with Crippen LogP contribution in [0, 0.1) is 6.92 Å². The second-order valence-electron chi connectivity index (χ2n) is 4.42. The summed E-state index contributed by atoms with van der Waals surface area (Å²) in [6.45, 7) is 2.15. The fourth-order valence-electron chi connectivity index (χ4n) is 2.11. The highest BCUT2D eigenvalue weighted by molar-refractivity contribution is 7.16. The Hall–Kier alpha value is -1.65. The van der Waals surface area contributed by atoms with Crippen molar-refractivity contribution >= 4 is 22.6 Å². The zero-order chi connectivity index (χ0) is 12.5. The molecule has 2 aromatic rings. The summed E-state index contributed by atoms with van der Waals surface area (Å²) in [7, 11) is 0. The van der Waals surface area contributed by atoms with Crippen molar-refractivity contribution in [3.8, 4) is 0 Å². The van der Waals surface area contributed by atoms with Gasteiger partial charge in [-0.05, 0) is 18.1 Å². The van der Waals surface area contributed by atoms with Gasteiger partial charge in [0.25, 0.3) is 0 Å². The van der Waals surface area contributed by atoms with Crippen molar-refractivity contribution in [2.45, 2.75) is 19.6 Å². The molecule has 2 heterocycles. The van der Waals surface area contributed by atoms with E-state index in [1.165, 1.54) is 21.6 Å². The summed E-state index contributed by atoms with van der Waals surface area (Å²) >= 11 is 1.78. The number of aliphatic imine (C=N–C) groups is 1. The maximum atomic E-state index is 5.76. The molecule has 92 valence electrons. The van der Waals surface area contributed by atoms with Gasteiger partial charge in [-0.2, -0.15) is 0 Å². The number of benzene rings is 1. The van der Waals surface area contributed by atoms with Crippen molar-refractivity contribution in [2.75, 3.05) is 5.32 Å². The highest BCUT2D eigenvalue weighted by Gasteiger charge is 2.18. The summed E-state index contributed by atoms with van der Waals surface area (Å²) in [5.74, 6) is 0. The minimum absolute atomic E-state index is 0.305. The molecular weight excluding hydrogens is 242 g/mol. The molecule has 3 N–H and O–H groups in total. The van der Waals surface area contributed by atoms with Crippen molar-refractivity contribution in [1.82, 2.24) is 0 Å². The number of hydrogen-bond acceptors (Lipinski definition) is 4. The standard InChI is InChI=1S/C14H15N3S/c1-9-11-8-16-14(15)17-13(11)18-12(9)7-10-5-3-2-4-6-10/h2-6,8,14,17H,7,15H2,1H3. The molecule has 3 nitrogen and oxygen atoms in total. The van der Waals surface area contributed by atoms with Crippen LogP contribution in [0.25, 0.3) is 0 Å². The predicted molar refractivity (Wildman–Crippen MR) is 77.5 cm³/mol. The van der Waals surface area contributed by atoms with Crippen molar-refractivity contribution in [3.63, 3.8) is 0 Å². The van der Waals surface area contributed by atoms with Gasteiger partial charge in [0.1, 0.15) is 5.00 Å². The molecule has 4 heteroatoms. The first-order chi connectivity index (χ1) is 8.74. The monoisotopic (exact) mass is 257 g/mol. The van der Waals surface area contributed by atoms with Gasteiger partial charge in [-0.25, -0.2) is 0 Å². The minimum Gasteiger partial charge on any atom is -0.343 e. The van der Waals surface area contributed by atoms with Crippen LogP contribution in [0.15, 0.2) is 35.3 Å². The number of thiophene rings is 1. The second kappa shape index (κ2) is 4.55. The largest absolute Gasteiger partial charge is 0.343 e. The molecule has 18 heavy (non-hydrogen) atoms. The Kier molecular flexibility index (Phi) is 2.89. The lowest BCUT2D eigenvalue weighted by atomic mass is 10.1. The molecule has 0 spiro atoms. The van der Waals surface area contributed by atoms with Gasteiger partial charge < -0.3 is 5.32 Å². The number of fused-ring (bicyclic) bond motifs is 1. The molecule has 1 aromatic carbocycles. The van der Waals surface area contributed by atoms with Crippen LogP contribution in [-0.4, -0.2) is 12.5 Å². The van der Waals surface area contributed by atoms with E-state index in [0.29, 0.717) is 0 Å². The van der Waals surface area contributed by atoms with Crippen LogP contribution in [-0.2, 0) is 6.42 Å². The van der Waals surface area contributed by atoms with Crippen LogP contribution < -0.4 is 11.1 Å². The van der Waals surface area contributed by atoms with Crippen molar-refractivity contribution < 1.29 is 0 Å². The van der Waals surface area contributed by atoms with E-state index in [1.54, 1.807) is 11.3 Å². The Bertz CT molecular complexity index is 587. The SMILES string of the molecule is Cc1c(Cc2ccccc2)sc2c1C=NC(N)N2.